The third kappa shape index (κ3) is 2.71. The minimum Gasteiger partial charge on any atom is -0.276 e. The maximum atomic E-state index is 12.2. The summed E-state index contributed by atoms with van der Waals surface area (Å²) >= 11 is 5.70. The quantitative estimate of drug-likeness (QED) is 0.878. The number of rotatable bonds is 3. The summed E-state index contributed by atoms with van der Waals surface area (Å²) in [5.41, 5.74) is 1.83. The molecule has 2 aromatic heterocycles. The predicted molar refractivity (Wildman–Crippen MR) is 72.7 cm³/mol. The fraction of sp³-hybridized carbons (Fsp3) is 0.273. The topological polar surface area (TPSA) is 76.9 Å². The van der Waals surface area contributed by atoms with E-state index < -0.39 is 10.0 Å². The van der Waals surface area contributed by atoms with E-state index >= 15 is 0 Å². The Labute approximate surface area is 116 Å². The van der Waals surface area contributed by atoms with E-state index in [4.69, 9.17) is 11.6 Å². The molecular weight excluding hydrogens is 288 g/mol. The molecule has 0 amide bonds. The summed E-state index contributed by atoms with van der Waals surface area (Å²) in [5, 5.41) is 4.28. The summed E-state index contributed by atoms with van der Waals surface area (Å²) in [5.74, 6) is 0. The first-order valence-electron chi connectivity index (χ1n) is 5.46. The number of sulfonamides is 1. The van der Waals surface area contributed by atoms with Crippen LogP contribution in [-0.2, 0) is 17.1 Å². The molecule has 0 aliphatic heterocycles. The van der Waals surface area contributed by atoms with Gasteiger partial charge < -0.3 is 0 Å². The third-order valence-electron chi connectivity index (χ3n) is 2.75. The molecule has 19 heavy (non-hydrogen) atoms. The van der Waals surface area contributed by atoms with E-state index in [9.17, 15) is 8.42 Å². The first-order chi connectivity index (χ1) is 8.81. The molecule has 0 aliphatic carbocycles. The zero-order valence-electron chi connectivity index (χ0n) is 10.7. The standard InChI is InChI=1S/C11H13ClN4O2S/c1-7-11(8(2)16(3)14-7)15-19(17,18)9-4-5-13-10(12)6-9/h4-6,15H,1-3H3. The molecule has 2 heterocycles. The Morgan fingerprint density at radius 3 is 2.58 bits per heavy atom. The summed E-state index contributed by atoms with van der Waals surface area (Å²) in [6, 6.07) is 2.68. The first kappa shape index (κ1) is 13.8. The van der Waals surface area contributed by atoms with Crippen LogP contribution >= 0.6 is 11.6 Å². The third-order valence-corrected chi connectivity index (χ3v) is 4.31. The van der Waals surface area contributed by atoms with Crippen molar-refractivity contribution in [1.29, 1.82) is 0 Å². The van der Waals surface area contributed by atoms with Crippen LogP contribution < -0.4 is 4.72 Å². The minimum atomic E-state index is -3.70. The maximum Gasteiger partial charge on any atom is 0.262 e. The molecule has 0 radical (unpaired) electrons. The fourth-order valence-corrected chi connectivity index (χ4v) is 3.09. The lowest BCUT2D eigenvalue weighted by Gasteiger charge is -2.08. The number of hydrogen-bond acceptors (Lipinski definition) is 4. The molecule has 0 bridgehead atoms. The van der Waals surface area contributed by atoms with Crippen molar-refractivity contribution >= 4 is 27.3 Å². The lowest BCUT2D eigenvalue weighted by molar-refractivity contribution is 0.601. The van der Waals surface area contributed by atoms with E-state index in [0.717, 1.165) is 5.69 Å². The van der Waals surface area contributed by atoms with Gasteiger partial charge in [0.05, 0.1) is 22.0 Å². The molecule has 0 unspecified atom stereocenters. The molecule has 2 aromatic rings. The van der Waals surface area contributed by atoms with Gasteiger partial charge in [0.2, 0.25) is 0 Å². The highest BCUT2D eigenvalue weighted by molar-refractivity contribution is 7.92. The van der Waals surface area contributed by atoms with Crippen molar-refractivity contribution in [3.63, 3.8) is 0 Å². The number of hydrogen-bond donors (Lipinski definition) is 1. The average Bonchev–Trinajstić information content (AvgIpc) is 2.56. The second-order valence-corrected chi connectivity index (χ2v) is 6.16. The van der Waals surface area contributed by atoms with Crippen LogP contribution in [0.5, 0.6) is 0 Å². The van der Waals surface area contributed by atoms with E-state index in [1.807, 2.05) is 0 Å². The number of halogens is 1. The van der Waals surface area contributed by atoms with Gasteiger partial charge in [0.1, 0.15) is 5.15 Å². The van der Waals surface area contributed by atoms with Gasteiger partial charge in [-0.3, -0.25) is 9.40 Å². The van der Waals surface area contributed by atoms with E-state index in [1.54, 1.807) is 25.6 Å². The molecule has 0 saturated carbocycles. The Bertz CT molecular complexity index is 724. The van der Waals surface area contributed by atoms with Crippen molar-refractivity contribution < 1.29 is 8.42 Å². The highest BCUT2D eigenvalue weighted by Gasteiger charge is 2.19. The summed E-state index contributed by atoms with van der Waals surface area (Å²) < 4.78 is 28.6. The molecule has 0 atom stereocenters. The van der Waals surface area contributed by atoms with Crippen LogP contribution in [0.15, 0.2) is 23.2 Å². The molecule has 0 aromatic carbocycles. The number of nitrogens with one attached hydrogen (secondary N) is 1. The molecule has 8 heteroatoms. The van der Waals surface area contributed by atoms with Crippen LogP contribution in [0.4, 0.5) is 5.69 Å². The highest BCUT2D eigenvalue weighted by atomic mass is 35.5. The zero-order valence-corrected chi connectivity index (χ0v) is 12.2. The number of nitrogens with zero attached hydrogens (tertiary/aromatic N) is 3. The maximum absolute atomic E-state index is 12.2. The Hall–Kier alpha value is -1.60. The monoisotopic (exact) mass is 300 g/mol. The van der Waals surface area contributed by atoms with Crippen molar-refractivity contribution in [2.45, 2.75) is 18.7 Å². The Balaban J connectivity index is 2.42. The highest BCUT2D eigenvalue weighted by Crippen LogP contribution is 2.23. The number of aryl methyl sites for hydroxylation is 2. The van der Waals surface area contributed by atoms with Gasteiger partial charge in [0.15, 0.2) is 0 Å². The van der Waals surface area contributed by atoms with Crippen LogP contribution in [0.3, 0.4) is 0 Å². The molecule has 6 nitrogen and oxygen atoms in total. The average molecular weight is 301 g/mol. The Kier molecular flexibility index (Phi) is 3.51. The van der Waals surface area contributed by atoms with Gasteiger partial charge in [-0.15, -0.1) is 0 Å². The zero-order chi connectivity index (χ0) is 14.2. The number of anilines is 1. The van der Waals surface area contributed by atoms with Crippen LogP contribution in [0.1, 0.15) is 11.4 Å². The SMILES string of the molecule is Cc1nn(C)c(C)c1NS(=O)(=O)c1ccnc(Cl)c1. The molecule has 2 rings (SSSR count). The van der Waals surface area contributed by atoms with Gasteiger partial charge in [-0.1, -0.05) is 11.6 Å². The summed E-state index contributed by atoms with van der Waals surface area (Å²) in [6.07, 6.45) is 1.35. The summed E-state index contributed by atoms with van der Waals surface area (Å²) in [6.45, 7) is 3.53. The number of aromatic nitrogens is 3. The second-order valence-electron chi connectivity index (χ2n) is 4.09. The van der Waals surface area contributed by atoms with Gasteiger partial charge in [-0.05, 0) is 26.0 Å². The molecule has 0 spiro atoms. The molecule has 0 fully saturated rings. The largest absolute Gasteiger partial charge is 0.276 e. The lowest BCUT2D eigenvalue weighted by Crippen LogP contribution is -2.14. The normalized spacial score (nSPS) is 11.6. The van der Waals surface area contributed by atoms with E-state index in [0.29, 0.717) is 11.4 Å². The van der Waals surface area contributed by atoms with Crippen LogP contribution in [0.2, 0.25) is 5.15 Å². The van der Waals surface area contributed by atoms with Gasteiger partial charge in [-0.25, -0.2) is 13.4 Å². The van der Waals surface area contributed by atoms with Crippen molar-refractivity contribution in [2.75, 3.05) is 4.72 Å². The van der Waals surface area contributed by atoms with Crippen LogP contribution in [0.25, 0.3) is 0 Å². The molecular formula is C11H13ClN4O2S. The Morgan fingerprint density at radius 2 is 2.05 bits per heavy atom. The van der Waals surface area contributed by atoms with Crippen molar-refractivity contribution in [1.82, 2.24) is 14.8 Å². The molecule has 0 aliphatic rings. The van der Waals surface area contributed by atoms with Gasteiger partial charge in [0.25, 0.3) is 10.0 Å². The van der Waals surface area contributed by atoms with Gasteiger partial charge >= 0.3 is 0 Å². The lowest BCUT2D eigenvalue weighted by atomic mass is 10.3. The predicted octanol–water partition coefficient (Wildman–Crippen LogP) is 1.89. The van der Waals surface area contributed by atoms with E-state index in [1.165, 1.54) is 18.3 Å². The first-order valence-corrected chi connectivity index (χ1v) is 7.32. The fourth-order valence-electron chi connectivity index (χ4n) is 1.67. The van der Waals surface area contributed by atoms with Crippen molar-refractivity contribution in [2.24, 2.45) is 7.05 Å². The number of pyridine rings is 1. The minimum absolute atomic E-state index is 0.0650. The summed E-state index contributed by atoms with van der Waals surface area (Å²) in [7, 11) is -1.94. The van der Waals surface area contributed by atoms with Crippen molar-refractivity contribution in [3.8, 4) is 0 Å². The van der Waals surface area contributed by atoms with E-state index in [2.05, 4.69) is 14.8 Å². The van der Waals surface area contributed by atoms with Crippen molar-refractivity contribution in [3.05, 3.63) is 34.9 Å². The van der Waals surface area contributed by atoms with E-state index in [-0.39, 0.29) is 10.0 Å². The summed E-state index contributed by atoms with van der Waals surface area (Å²) in [4.78, 5) is 3.82. The van der Waals surface area contributed by atoms with Gasteiger partial charge in [0, 0.05) is 13.2 Å². The molecule has 0 saturated heterocycles. The Morgan fingerprint density at radius 1 is 1.37 bits per heavy atom. The van der Waals surface area contributed by atoms with Crippen LogP contribution in [-0.4, -0.2) is 23.2 Å². The smallest absolute Gasteiger partial charge is 0.262 e. The van der Waals surface area contributed by atoms with Crippen LogP contribution in [0, 0.1) is 13.8 Å². The second kappa shape index (κ2) is 4.82. The molecule has 1 N–H and O–H groups in total. The van der Waals surface area contributed by atoms with Gasteiger partial charge in [-0.2, -0.15) is 5.10 Å². The molecule has 102 valence electrons.